The second-order valence-electron chi connectivity index (χ2n) is 5.77. The molecule has 0 radical (unpaired) electrons. The second kappa shape index (κ2) is 7.84. The largest absolute Gasteiger partial charge is 0.493 e. The summed E-state index contributed by atoms with van der Waals surface area (Å²) < 4.78 is 11.1. The van der Waals surface area contributed by atoms with E-state index in [-0.39, 0.29) is 11.9 Å². The highest BCUT2D eigenvalue weighted by Crippen LogP contribution is 2.31. The number of amides is 1. The van der Waals surface area contributed by atoms with Gasteiger partial charge in [0.15, 0.2) is 11.5 Å². The van der Waals surface area contributed by atoms with Crippen molar-refractivity contribution in [3.8, 4) is 17.2 Å². The Balaban J connectivity index is 1.61. The van der Waals surface area contributed by atoms with Crippen LogP contribution < -0.4 is 20.1 Å². The van der Waals surface area contributed by atoms with E-state index >= 15 is 0 Å². The Hall–Kier alpha value is -2.53. The molecule has 2 N–H and O–H groups in total. The molecule has 1 aliphatic heterocycles. The van der Waals surface area contributed by atoms with E-state index in [4.69, 9.17) is 9.47 Å². The van der Waals surface area contributed by atoms with Gasteiger partial charge >= 0.3 is 0 Å². The van der Waals surface area contributed by atoms with Gasteiger partial charge in [0.05, 0.1) is 13.2 Å². The van der Waals surface area contributed by atoms with Crippen LogP contribution in [0.15, 0.2) is 48.5 Å². The normalized spacial score (nSPS) is 17.1. The van der Waals surface area contributed by atoms with Crippen molar-refractivity contribution in [2.24, 2.45) is 0 Å². The summed E-state index contributed by atoms with van der Waals surface area (Å²) in [4.78, 5) is 12.2. The van der Waals surface area contributed by atoms with Gasteiger partial charge in [0.25, 0.3) is 0 Å². The predicted molar refractivity (Wildman–Crippen MR) is 93.8 cm³/mol. The summed E-state index contributed by atoms with van der Waals surface area (Å²) in [5, 5.41) is 6.19. The zero-order chi connectivity index (χ0) is 16.8. The number of nitrogens with one attached hydrogen (secondary N) is 2. The number of para-hydroxylation sites is 2. The lowest BCUT2D eigenvalue weighted by molar-refractivity contribution is -0.118. The van der Waals surface area contributed by atoms with Crippen LogP contribution in [0.5, 0.6) is 17.2 Å². The van der Waals surface area contributed by atoms with Crippen molar-refractivity contribution in [3.63, 3.8) is 0 Å². The number of benzene rings is 2. The van der Waals surface area contributed by atoms with E-state index in [0.717, 1.165) is 31.5 Å². The lowest BCUT2D eigenvalue weighted by atomic mass is 10.0. The third kappa shape index (κ3) is 4.06. The molecule has 2 aromatic rings. The van der Waals surface area contributed by atoms with Crippen LogP contribution >= 0.6 is 0 Å². The molecule has 3 rings (SSSR count). The monoisotopic (exact) mass is 326 g/mol. The molecule has 0 aliphatic carbocycles. The van der Waals surface area contributed by atoms with Crippen molar-refractivity contribution in [3.05, 3.63) is 48.5 Å². The number of ether oxygens (including phenoxy) is 2. The lowest BCUT2D eigenvalue weighted by Crippen LogP contribution is -2.43. The quantitative estimate of drug-likeness (QED) is 0.882. The molecule has 0 unspecified atom stereocenters. The van der Waals surface area contributed by atoms with Gasteiger partial charge in [-0.25, -0.2) is 0 Å². The van der Waals surface area contributed by atoms with Crippen molar-refractivity contribution in [2.75, 3.05) is 19.0 Å². The van der Waals surface area contributed by atoms with Gasteiger partial charge in [0.1, 0.15) is 5.75 Å². The number of carbonyl (C=O) groups is 1. The van der Waals surface area contributed by atoms with Crippen LogP contribution in [0.2, 0.25) is 0 Å². The third-order valence-corrected chi connectivity index (χ3v) is 4.05. The number of methoxy groups -OCH3 is 1. The molecule has 24 heavy (non-hydrogen) atoms. The van der Waals surface area contributed by atoms with Crippen LogP contribution in [0, 0.1) is 0 Å². The molecule has 1 heterocycles. The lowest BCUT2D eigenvalue weighted by Gasteiger charge is -2.22. The smallest absolute Gasteiger partial charge is 0.241 e. The van der Waals surface area contributed by atoms with Crippen molar-refractivity contribution in [1.29, 1.82) is 0 Å². The van der Waals surface area contributed by atoms with Crippen LogP contribution in [0.25, 0.3) is 0 Å². The molecule has 5 heteroatoms. The third-order valence-electron chi connectivity index (χ3n) is 4.05. The molecule has 0 spiro atoms. The minimum atomic E-state index is -0.0942. The molecule has 5 nitrogen and oxygen atoms in total. The predicted octanol–water partition coefficient (Wildman–Crippen LogP) is 3.57. The SMILES string of the molecule is COc1ccccc1Oc1ccc(NC(=O)[C@@H]2CCCCN2)cc1. The number of rotatable bonds is 5. The Bertz CT molecular complexity index is 679. The number of hydrogen-bond donors (Lipinski definition) is 2. The van der Waals surface area contributed by atoms with E-state index in [9.17, 15) is 4.79 Å². The van der Waals surface area contributed by atoms with E-state index < -0.39 is 0 Å². The maximum absolute atomic E-state index is 12.2. The summed E-state index contributed by atoms with van der Waals surface area (Å²) in [5.41, 5.74) is 0.764. The molecule has 2 aromatic carbocycles. The maximum atomic E-state index is 12.2. The molecule has 0 bridgehead atoms. The summed E-state index contributed by atoms with van der Waals surface area (Å²) in [6.07, 6.45) is 3.12. The van der Waals surface area contributed by atoms with E-state index in [1.807, 2.05) is 48.5 Å². The second-order valence-corrected chi connectivity index (χ2v) is 5.77. The fraction of sp³-hybridized carbons (Fsp3) is 0.316. The topological polar surface area (TPSA) is 59.6 Å². The average Bonchev–Trinajstić information content (AvgIpc) is 2.64. The Morgan fingerprint density at radius 1 is 1.08 bits per heavy atom. The van der Waals surface area contributed by atoms with E-state index in [1.54, 1.807) is 7.11 Å². The van der Waals surface area contributed by atoms with Crippen LogP contribution in [0.4, 0.5) is 5.69 Å². The fourth-order valence-corrected chi connectivity index (χ4v) is 2.74. The molecular formula is C19H22N2O3. The van der Waals surface area contributed by atoms with Crippen molar-refractivity contribution < 1.29 is 14.3 Å². The standard InChI is InChI=1S/C19H22N2O3/c1-23-17-7-2-3-8-18(17)24-15-11-9-14(10-12-15)21-19(22)16-6-4-5-13-20-16/h2-3,7-12,16,20H,4-6,13H2,1H3,(H,21,22)/t16-/m0/s1. The molecule has 1 atom stereocenters. The van der Waals surface area contributed by atoms with Gasteiger partial charge in [-0.05, 0) is 55.8 Å². The molecule has 0 aromatic heterocycles. The zero-order valence-corrected chi connectivity index (χ0v) is 13.7. The van der Waals surface area contributed by atoms with E-state index in [0.29, 0.717) is 17.2 Å². The fourth-order valence-electron chi connectivity index (χ4n) is 2.74. The minimum Gasteiger partial charge on any atom is -0.493 e. The summed E-state index contributed by atoms with van der Waals surface area (Å²) in [5.74, 6) is 2.04. The molecule has 1 fully saturated rings. The van der Waals surface area contributed by atoms with Crippen molar-refractivity contribution >= 4 is 11.6 Å². The first-order valence-corrected chi connectivity index (χ1v) is 8.21. The van der Waals surface area contributed by atoms with Gasteiger partial charge in [0.2, 0.25) is 5.91 Å². The van der Waals surface area contributed by atoms with Crippen molar-refractivity contribution in [1.82, 2.24) is 5.32 Å². The first kappa shape index (κ1) is 16.3. The summed E-state index contributed by atoms with van der Waals surface area (Å²) in [7, 11) is 1.61. The molecular weight excluding hydrogens is 304 g/mol. The highest BCUT2D eigenvalue weighted by Gasteiger charge is 2.20. The molecule has 0 saturated carbocycles. The van der Waals surface area contributed by atoms with E-state index in [2.05, 4.69) is 10.6 Å². The Morgan fingerprint density at radius 3 is 2.50 bits per heavy atom. The highest BCUT2D eigenvalue weighted by molar-refractivity contribution is 5.94. The van der Waals surface area contributed by atoms with Crippen LogP contribution in [0.3, 0.4) is 0 Å². The van der Waals surface area contributed by atoms with E-state index in [1.165, 1.54) is 0 Å². The first-order valence-electron chi connectivity index (χ1n) is 8.21. The van der Waals surface area contributed by atoms with Crippen LogP contribution in [0.1, 0.15) is 19.3 Å². The first-order chi connectivity index (χ1) is 11.8. The summed E-state index contributed by atoms with van der Waals surface area (Å²) >= 11 is 0. The number of hydrogen-bond acceptors (Lipinski definition) is 4. The minimum absolute atomic E-state index is 0.0214. The number of anilines is 1. The summed E-state index contributed by atoms with van der Waals surface area (Å²) in [6.45, 7) is 0.907. The Morgan fingerprint density at radius 2 is 1.83 bits per heavy atom. The van der Waals surface area contributed by atoms with Gasteiger partial charge in [0, 0.05) is 5.69 Å². The molecule has 1 aliphatic rings. The molecule has 126 valence electrons. The molecule has 1 saturated heterocycles. The zero-order valence-electron chi connectivity index (χ0n) is 13.7. The Labute approximate surface area is 142 Å². The van der Waals surface area contributed by atoms with Gasteiger partial charge in [-0.1, -0.05) is 18.6 Å². The van der Waals surface area contributed by atoms with Crippen LogP contribution in [-0.2, 0) is 4.79 Å². The van der Waals surface area contributed by atoms with Crippen LogP contribution in [-0.4, -0.2) is 25.6 Å². The average molecular weight is 326 g/mol. The van der Waals surface area contributed by atoms with Gasteiger partial charge in [-0.15, -0.1) is 0 Å². The number of piperidine rings is 1. The molecule has 1 amide bonds. The van der Waals surface area contributed by atoms with Gasteiger partial charge in [-0.2, -0.15) is 0 Å². The Kier molecular flexibility index (Phi) is 5.33. The van der Waals surface area contributed by atoms with Gasteiger partial charge in [-0.3, -0.25) is 4.79 Å². The highest BCUT2D eigenvalue weighted by atomic mass is 16.5. The van der Waals surface area contributed by atoms with Crippen molar-refractivity contribution in [2.45, 2.75) is 25.3 Å². The summed E-state index contributed by atoms with van der Waals surface area (Å²) in [6, 6.07) is 14.7. The van der Waals surface area contributed by atoms with Gasteiger partial charge < -0.3 is 20.1 Å². The number of carbonyl (C=O) groups excluding carboxylic acids is 1. The maximum Gasteiger partial charge on any atom is 0.241 e.